The van der Waals surface area contributed by atoms with Crippen LogP contribution in [-0.2, 0) is 24.4 Å². The van der Waals surface area contributed by atoms with Gasteiger partial charge in [0.2, 0.25) is 27.7 Å². The Balaban J connectivity index is 1.61. The van der Waals surface area contributed by atoms with Crippen molar-refractivity contribution in [3.05, 3.63) is 24.3 Å². The van der Waals surface area contributed by atoms with Gasteiger partial charge in [-0.1, -0.05) is 6.42 Å². The van der Waals surface area contributed by atoms with Crippen molar-refractivity contribution in [2.24, 2.45) is 0 Å². The SMILES string of the molecule is C[C@@H]1CCC[C@@H](C)N1S(=O)(=O)c1ccc(NC(=O)CCN2C(=O)CCC2=O)cc1. The van der Waals surface area contributed by atoms with Gasteiger partial charge in [-0.05, 0) is 51.0 Å². The van der Waals surface area contributed by atoms with Crippen LogP contribution in [0.2, 0.25) is 0 Å². The number of nitrogens with zero attached hydrogens (tertiary/aromatic N) is 2. The number of carbonyl (C=O) groups excluding carboxylic acids is 3. The van der Waals surface area contributed by atoms with E-state index in [-0.39, 0.29) is 60.5 Å². The fourth-order valence-electron chi connectivity index (χ4n) is 4.01. The van der Waals surface area contributed by atoms with Crippen molar-refractivity contribution in [2.45, 2.75) is 69.4 Å². The third-order valence-electron chi connectivity index (χ3n) is 5.54. The zero-order valence-electron chi connectivity index (χ0n) is 16.8. The second-order valence-corrected chi connectivity index (χ2v) is 9.57. The highest BCUT2D eigenvalue weighted by atomic mass is 32.2. The Morgan fingerprint density at radius 1 is 1.03 bits per heavy atom. The van der Waals surface area contributed by atoms with E-state index < -0.39 is 10.0 Å². The Labute approximate surface area is 171 Å². The van der Waals surface area contributed by atoms with Gasteiger partial charge in [0.15, 0.2) is 0 Å². The number of hydrogen-bond donors (Lipinski definition) is 1. The van der Waals surface area contributed by atoms with Crippen LogP contribution >= 0.6 is 0 Å². The molecule has 3 amide bonds. The van der Waals surface area contributed by atoms with Gasteiger partial charge < -0.3 is 5.32 Å². The molecule has 158 valence electrons. The molecule has 2 atom stereocenters. The van der Waals surface area contributed by atoms with Crippen molar-refractivity contribution in [3.63, 3.8) is 0 Å². The second-order valence-electron chi connectivity index (χ2n) is 7.73. The summed E-state index contributed by atoms with van der Waals surface area (Å²) < 4.78 is 27.6. The molecule has 0 aromatic heterocycles. The highest BCUT2D eigenvalue weighted by Gasteiger charge is 2.35. The van der Waals surface area contributed by atoms with E-state index in [1.165, 1.54) is 12.1 Å². The fraction of sp³-hybridized carbons (Fsp3) is 0.550. The Hall–Kier alpha value is -2.26. The van der Waals surface area contributed by atoms with Crippen LogP contribution in [0, 0.1) is 0 Å². The molecule has 0 spiro atoms. The Bertz CT molecular complexity index is 871. The molecule has 0 saturated carbocycles. The predicted molar refractivity (Wildman–Crippen MR) is 107 cm³/mol. The molecule has 0 unspecified atom stereocenters. The molecular weight excluding hydrogens is 394 g/mol. The third kappa shape index (κ3) is 4.67. The lowest BCUT2D eigenvalue weighted by atomic mass is 10.0. The Morgan fingerprint density at radius 3 is 2.14 bits per heavy atom. The van der Waals surface area contributed by atoms with Crippen molar-refractivity contribution in [1.29, 1.82) is 0 Å². The van der Waals surface area contributed by atoms with Gasteiger partial charge in [0.1, 0.15) is 0 Å². The van der Waals surface area contributed by atoms with E-state index >= 15 is 0 Å². The molecule has 3 rings (SSSR count). The normalized spacial score (nSPS) is 23.4. The molecular formula is C20H27N3O5S. The van der Waals surface area contributed by atoms with Crippen LogP contribution < -0.4 is 5.32 Å². The summed E-state index contributed by atoms with van der Waals surface area (Å²) in [5.41, 5.74) is 0.466. The van der Waals surface area contributed by atoms with Gasteiger partial charge in [-0.15, -0.1) is 0 Å². The van der Waals surface area contributed by atoms with E-state index in [9.17, 15) is 22.8 Å². The molecule has 1 N–H and O–H groups in total. The number of anilines is 1. The summed E-state index contributed by atoms with van der Waals surface area (Å²) in [4.78, 5) is 36.6. The van der Waals surface area contributed by atoms with Crippen LogP contribution in [0.25, 0.3) is 0 Å². The first-order valence-electron chi connectivity index (χ1n) is 9.97. The minimum atomic E-state index is -3.60. The standard InChI is InChI=1S/C20H27N3O5S/c1-14-4-3-5-15(2)23(14)29(27,28)17-8-6-16(7-9-17)21-18(24)12-13-22-19(25)10-11-20(22)26/h6-9,14-15H,3-5,10-13H2,1-2H3,(H,21,24)/t14-,15-/m1/s1. The summed E-state index contributed by atoms with van der Waals surface area (Å²) >= 11 is 0. The molecule has 29 heavy (non-hydrogen) atoms. The highest BCUT2D eigenvalue weighted by molar-refractivity contribution is 7.89. The number of piperidine rings is 1. The summed E-state index contributed by atoms with van der Waals surface area (Å²) in [6, 6.07) is 6.00. The van der Waals surface area contributed by atoms with Gasteiger partial charge in [0.05, 0.1) is 4.90 Å². The van der Waals surface area contributed by atoms with Crippen molar-refractivity contribution in [1.82, 2.24) is 9.21 Å². The number of sulfonamides is 1. The summed E-state index contributed by atoms with van der Waals surface area (Å²) in [5, 5.41) is 2.67. The second kappa shape index (κ2) is 8.62. The number of benzene rings is 1. The van der Waals surface area contributed by atoms with Gasteiger partial charge in [0.25, 0.3) is 0 Å². The first-order chi connectivity index (χ1) is 13.7. The van der Waals surface area contributed by atoms with Crippen LogP contribution in [0.1, 0.15) is 52.4 Å². The molecule has 1 aromatic rings. The minimum absolute atomic E-state index is 0.000335. The largest absolute Gasteiger partial charge is 0.326 e. The van der Waals surface area contributed by atoms with Crippen molar-refractivity contribution in [2.75, 3.05) is 11.9 Å². The first kappa shape index (κ1) is 21.4. The van der Waals surface area contributed by atoms with Crippen molar-refractivity contribution < 1.29 is 22.8 Å². The van der Waals surface area contributed by atoms with Gasteiger partial charge in [-0.3, -0.25) is 19.3 Å². The lowest BCUT2D eigenvalue weighted by Gasteiger charge is -2.37. The maximum Gasteiger partial charge on any atom is 0.243 e. The van der Waals surface area contributed by atoms with Crippen LogP contribution in [-0.4, -0.2) is 54.0 Å². The van der Waals surface area contributed by atoms with Gasteiger partial charge >= 0.3 is 0 Å². The van der Waals surface area contributed by atoms with Crippen molar-refractivity contribution >= 4 is 33.4 Å². The molecule has 0 bridgehead atoms. The average Bonchev–Trinajstić information content (AvgIpc) is 2.98. The smallest absolute Gasteiger partial charge is 0.243 e. The van der Waals surface area contributed by atoms with E-state index in [4.69, 9.17) is 0 Å². The van der Waals surface area contributed by atoms with Crippen LogP contribution in [0.5, 0.6) is 0 Å². The number of hydrogen-bond acceptors (Lipinski definition) is 5. The maximum atomic E-state index is 13.0. The average molecular weight is 422 g/mol. The topological polar surface area (TPSA) is 104 Å². The van der Waals surface area contributed by atoms with E-state index in [1.54, 1.807) is 16.4 Å². The molecule has 8 nitrogen and oxygen atoms in total. The molecule has 9 heteroatoms. The number of rotatable bonds is 6. The number of likely N-dealkylation sites (tertiary alicyclic amines) is 1. The molecule has 2 aliphatic rings. The number of nitrogens with one attached hydrogen (secondary N) is 1. The van der Waals surface area contributed by atoms with E-state index in [1.807, 2.05) is 13.8 Å². The first-order valence-corrected chi connectivity index (χ1v) is 11.4. The van der Waals surface area contributed by atoms with Gasteiger partial charge in [-0.2, -0.15) is 4.31 Å². The molecule has 0 aliphatic carbocycles. The molecule has 2 heterocycles. The van der Waals surface area contributed by atoms with Gasteiger partial charge in [0, 0.05) is 43.6 Å². The number of imide groups is 1. The Kier molecular flexibility index (Phi) is 6.38. The molecule has 0 radical (unpaired) electrons. The van der Waals surface area contributed by atoms with Crippen LogP contribution in [0.15, 0.2) is 29.2 Å². The molecule has 2 aliphatic heterocycles. The number of amides is 3. The van der Waals surface area contributed by atoms with E-state index in [2.05, 4.69) is 5.32 Å². The third-order valence-corrected chi connectivity index (χ3v) is 7.69. The van der Waals surface area contributed by atoms with Crippen LogP contribution in [0.3, 0.4) is 0 Å². The van der Waals surface area contributed by atoms with Gasteiger partial charge in [-0.25, -0.2) is 8.42 Å². The Morgan fingerprint density at radius 2 is 1.59 bits per heavy atom. The lowest BCUT2D eigenvalue weighted by Crippen LogP contribution is -2.47. The van der Waals surface area contributed by atoms with Crippen LogP contribution in [0.4, 0.5) is 5.69 Å². The summed E-state index contributed by atoms with van der Waals surface area (Å²) in [7, 11) is -3.60. The quantitative estimate of drug-likeness (QED) is 0.709. The molecule has 2 fully saturated rings. The predicted octanol–water partition coefficient (Wildman–Crippen LogP) is 2.12. The zero-order chi connectivity index (χ0) is 21.2. The monoisotopic (exact) mass is 421 g/mol. The highest BCUT2D eigenvalue weighted by Crippen LogP contribution is 2.30. The summed E-state index contributed by atoms with van der Waals surface area (Å²) in [5.74, 6) is -0.844. The number of carbonyl (C=O) groups is 3. The lowest BCUT2D eigenvalue weighted by molar-refractivity contribution is -0.138. The molecule has 2 saturated heterocycles. The summed E-state index contributed by atoms with van der Waals surface area (Å²) in [6.45, 7) is 3.91. The molecule has 1 aromatic carbocycles. The van der Waals surface area contributed by atoms with E-state index in [0.29, 0.717) is 5.69 Å². The maximum absolute atomic E-state index is 13.0. The van der Waals surface area contributed by atoms with Crippen molar-refractivity contribution in [3.8, 4) is 0 Å². The van der Waals surface area contributed by atoms with E-state index in [0.717, 1.165) is 24.2 Å². The fourth-order valence-corrected chi connectivity index (χ4v) is 5.89. The minimum Gasteiger partial charge on any atom is -0.326 e. The zero-order valence-corrected chi connectivity index (χ0v) is 17.6. The summed E-state index contributed by atoms with van der Waals surface area (Å²) in [6.07, 6.45) is 3.11.